The molecule has 1 saturated heterocycles. The van der Waals surface area contributed by atoms with Gasteiger partial charge in [-0.15, -0.1) is 0 Å². The van der Waals surface area contributed by atoms with Gasteiger partial charge in [0.15, 0.2) is 6.79 Å². The molecule has 6 nitrogen and oxygen atoms in total. The Hall–Kier alpha value is -3.61. The van der Waals surface area contributed by atoms with Gasteiger partial charge in [0.2, 0.25) is 0 Å². The molecule has 1 heterocycles. The summed E-state index contributed by atoms with van der Waals surface area (Å²) in [6.45, 7) is 11.2. The number of ether oxygens (including phenoxy) is 4. The number of benzene rings is 4. The lowest BCUT2D eigenvalue weighted by Crippen LogP contribution is -2.40. The molecule has 0 amide bonds. The van der Waals surface area contributed by atoms with Crippen LogP contribution in [0.25, 0.3) is 21.5 Å². The summed E-state index contributed by atoms with van der Waals surface area (Å²) in [5.74, 6) is 2.02. The van der Waals surface area contributed by atoms with Crippen molar-refractivity contribution in [2.24, 2.45) is 5.92 Å². The zero-order chi connectivity index (χ0) is 29.5. The Morgan fingerprint density at radius 3 is 1.95 bits per heavy atom. The number of hydrogen-bond donors (Lipinski definition) is 0. The van der Waals surface area contributed by atoms with E-state index in [1.54, 1.807) is 0 Å². The standard InChI is InChI=1S/C36H43NO5/c1-5-39-25-41-34-17-15-28-11-7-9-13-30(28)32(34)22-31-29-12-8-6-10-27(29)14-16-33(31)40-24-26-18-20-37(21-19-26)23-35(38)42-36(2,3)4/h6-17,26H,5,18-25H2,1-4H3. The van der Waals surface area contributed by atoms with Crippen molar-refractivity contribution in [3.63, 3.8) is 0 Å². The highest BCUT2D eigenvalue weighted by molar-refractivity contribution is 5.91. The van der Waals surface area contributed by atoms with E-state index in [0.29, 0.717) is 32.1 Å². The van der Waals surface area contributed by atoms with Crippen molar-refractivity contribution in [1.29, 1.82) is 0 Å². The fourth-order valence-corrected chi connectivity index (χ4v) is 5.71. The molecule has 6 heteroatoms. The molecule has 4 aromatic carbocycles. The summed E-state index contributed by atoms with van der Waals surface area (Å²) in [7, 11) is 0. The molecule has 0 aliphatic carbocycles. The largest absolute Gasteiger partial charge is 0.493 e. The van der Waals surface area contributed by atoms with E-state index >= 15 is 0 Å². The average Bonchev–Trinajstić information content (AvgIpc) is 2.97. The van der Waals surface area contributed by atoms with Gasteiger partial charge in [-0.1, -0.05) is 60.7 Å². The molecule has 42 heavy (non-hydrogen) atoms. The van der Waals surface area contributed by atoms with Gasteiger partial charge in [-0.05, 0) is 93.2 Å². The van der Waals surface area contributed by atoms with Crippen LogP contribution in [0.4, 0.5) is 0 Å². The van der Waals surface area contributed by atoms with Gasteiger partial charge < -0.3 is 18.9 Å². The van der Waals surface area contributed by atoms with E-state index in [0.717, 1.165) is 48.6 Å². The van der Waals surface area contributed by atoms with E-state index < -0.39 is 5.60 Å². The van der Waals surface area contributed by atoms with E-state index in [1.807, 2.05) is 33.8 Å². The van der Waals surface area contributed by atoms with Gasteiger partial charge in [0.05, 0.1) is 13.2 Å². The van der Waals surface area contributed by atoms with Crippen LogP contribution in [-0.4, -0.2) is 56.1 Å². The van der Waals surface area contributed by atoms with Gasteiger partial charge in [0.1, 0.15) is 17.1 Å². The Balaban J connectivity index is 1.35. The first-order valence-corrected chi connectivity index (χ1v) is 15.1. The average molecular weight is 570 g/mol. The maximum Gasteiger partial charge on any atom is 0.320 e. The highest BCUT2D eigenvalue weighted by Crippen LogP contribution is 2.36. The third-order valence-corrected chi connectivity index (χ3v) is 7.81. The monoisotopic (exact) mass is 569 g/mol. The minimum absolute atomic E-state index is 0.156. The topological polar surface area (TPSA) is 57.2 Å². The molecule has 0 spiro atoms. The van der Waals surface area contributed by atoms with Gasteiger partial charge in [-0.2, -0.15) is 0 Å². The Kier molecular flexibility index (Phi) is 9.65. The van der Waals surface area contributed by atoms with E-state index in [4.69, 9.17) is 18.9 Å². The molecule has 5 rings (SSSR count). The molecule has 1 aliphatic heterocycles. The summed E-state index contributed by atoms with van der Waals surface area (Å²) in [5.41, 5.74) is 1.83. The number of piperidine rings is 1. The van der Waals surface area contributed by atoms with E-state index in [2.05, 4.69) is 71.6 Å². The summed E-state index contributed by atoms with van der Waals surface area (Å²) in [6, 6.07) is 25.4. The van der Waals surface area contributed by atoms with Crippen LogP contribution >= 0.6 is 0 Å². The second-order valence-corrected chi connectivity index (χ2v) is 12.1. The summed E-state index contributed by atoms with van der Waals surface area (Å²) in [4.78, 5) is 14.5. The van der Waals surface area contributed by atoms with Crippen LogP contribution in [0.1, 0.15) is 51.7 Å². The number of fused-ring (bicyclic) bond motifs is 2. The fraction of sp³-hybridized carbons (Fsp3) is 0.417. The van der Waals surface area contributed by atoms with E-state index in [1.165, 1.54) is 21.5 Å². The second kappa shape index (κ2) is 13.6. The fourth-order valence-electron chi connectivity index (χ4n) is 5.71. The first-order chi connectivity index (χ1) is 20.3. The molecular formula is C36H43NO5. The van der Waals surface area contributed by atoms with Crippen LogP contribution in [0.3, 0.4) is 0 Å². The minimum atomic E-state index is -0.455. The highest BCUT2D eigenvalue weighted by atomic mass is 16.7. The van der Waals surface area contributed by atoms with Crippen LogP contribution < -0.4 is 9.47 Å². The van der Waals surface area contributed by atoms with Crippen molar-refractivity contribution in [3.05, 3.63) is 83.9 Å². The Morgan fingerprint density at radius 1 is 0.810 bits per heavy atom. The molecule has 0 saturated carbocycles. The minimum Gasteiger partial charge on any atom is -0.493 e. The number of carbonyl (C=O) groups excluding carboxylic acids is 1. The first-order valence-electron chi connectivity index (χ1n) is 15.1. The van der Waals surface area contributed by atoms with Crippen molar-refractivity contribution in [1.82, 2.24) is 4.90 Å². The molecule has 4 aromatic rings. The van der Waals surface area contributed by atoms with Gasteiger partial charge in [0, 0.05) is 24.2 Å². The van der Waals surface area contributed by atoms with E-state index in [9.17, 15) is 4.79 Å². The summed E-state index contributed by atoms with van der Waals surface area (Å²) >= 11 is 0. The van der Waals surface area contributed by atoms with Crippen molar-refractivity contribution >= 4 is 27.5 Å². The van der Waals surface area contributed by atoms with Crippen molar-refractivity contribution in [3.8, 4) is 11.5 Å². The number of hydrogen-bond acceptors (Lipinski definition) is 6. The van der Waals surface area contributed by atoms with Crippen LogP contribution in [0, 0.1) is 5.92 Å². The molecule has 0 radical (unpaired) electrons. The number of nitrogens with zero attached hydrogens (tertiary/aromatic N) is 1. The van der Waals surface area contributed by atoms with Crippen LogP contribution in [0.15, 0.2) is 72.8 Å². The SMILES string of the molecule is CCOCOc1ccc2ccccc2c1Cc1c(OCC2CCN(CC(=O)OC(C)(C)C)CC2)ccc2ccccc12. The quantitative estimate of drug-likeness (QED) is 0.107. The molecule has 0 aromatic heterocycles. The smallest absolute Gasteiger partial charge is 0.320 e. The summed E-state index contributed by atoms with van der Waals surface area (Å²) in [6.07, 6.45) is 2.66. The summed E-state index contributed by atoms with van der Waals surface area (Å²) < 4.78 is 23.8. The maximum absolute atomic E-state index is 12.3. The van der Waals surface area contributed by atoms with E-state index in [-0.39, 0.29) is 12.8 Å². The lowest BCUT2D eigenvalue weighted by atomic mass is 9.93. The normalized spacial score (nSPS) is 14.8. The number of esters is 1. The van der Waals surface area contributed by atoms with Crippen LogP contribution in [0.5, 0.6) is 11.5 Å². The lowest BCUT2D eigenvalue weighted by molar-refractivity contribution is -0.156. The maximum atomic E-state index is 12.3. The zero-order valence-electron chi connectivity index (χ0n) is 25.4. The van der Waals surface area contributed by atoms with Crippen LogP contribution in [0.2, 0.25) is 0 Å². The third-order valence-electron chi connectivity index (χ3n) is 7.81. The molecule has 1 aliphatic rings. The highest BCUT2D eigenvalue weighted by Gasteiger charge is 2.24. The second-order valence-electron chi connectivity index (χ2n) is 12.1. The molecule has 0 N–H and O–H groups in total. The third kappa shape index (κ3) is 7.61. The van der Waals surface area contributed by atoms with Gasteiger partial charge in [-0.3, -0.25) is 9.69 Å². The Labute approximate surface area is 249 Å². The molecular weight excluding hydrogens is 526 g/mol. The van der Waals surface area contributed by atoms with Crippen molar-refractivity contribution in [2.45, 2.75) is 52.6 Å². The van der Waals surface area contributed by atoms with Crippen molar-refractivity contribution in [2.75, 3.05) is 39.6 Å². The number of rotatable bonds is 11. The molecule has 1 fully saturated rings. The molecule has 0 bridgehead atoms. The number of carbonyl (C=O) groups is 1. The Morgan fingerprint density at radius 2 is 1.38 bits per heavy atom. The molecule has 222 valence electrons. The zero-order valence-corrected chi connectivity index (χ0v) is 25.4. The predicted octanol–water partition coefficient (Wildman–Crippen LogP) is 7.39. The van der Waals surface area contributed by atoms with Crippen LogP contribution in [-0.2, 0) is 20.7 Å². The lowest BCUT2D eigenvalue weighted by Gasteiger charge is -2.32. The molecule has 0 atom stereocenters. The number of likely N-dealkylation sites (tertiary alicyclic amines) is 1. The van der Waals surface area contributed by atoms with Gasteiger partial charge in [0.25, 0.3) is 0 Å². The van der Waals surface area contributed by atoms with Gasteiger partial charge >= 0.3 is 5.97 Å². The molecule has 0 unspecified atom stereocenters. The summed E-state index contributed by atoms with van der Waals surface area (Å²) in [5, 5.41) is 4.72. The Bertz CT molecular complexity index is 1500. The van der Waals surface area contributed by atoms with Crippen molar-refractivity contribution < 1.29 is 23.7 Å². The predicted molar refractivity (Wildman–Crippen MR) is 168 cm³/mol. The first kappa shape index (κ1) is 29.9. The van der Waals surface area contributed by atoms with Gasteiger partial charge in [-0.25, -0.2) is 0 Å².